The Balaban J connectivity index is 1.89. The maximum atomic E-state index is 11.6. The second-order valence-electron chi connectivity index (χ2n) is 3.34. The molecule has 0 atom stereocenters. The van der Waals surface area contributed by atoms with Crippen molar-refractivity contribution in [3.8, 4) is 0 Å². The lowest BCUT2D eigenvalue weighted by molar-refractivity contribution is -0.173. The summed E-state index contributed by atoms with van der Waals surface area (Å²) in [5.74, 6) is 0. The highest BCUT2D eigenvalue weighted by Crippen LogP contribution is 2.18. The standard InChI is InChI=1S/C8H13F3N2OS/c9-8(10,11)5-14-4-3-12-7(15)13-6-1-2-6/h6H,1-5H2,(H2,12,13,15). The molecule has 7 heteroatoms. The van der Waals surface area contributed by atoms with Gasteiger partial charge in [0, 0.05) is 12.6 Å². The van der Waals surface area contributed by atoms with Crippen molar-refractivity contribution < 1.29 is 17.9 Å². The second kappa shape index (κ2) is 5.50. The molecular formula is C8H13F3N2OS. The summed E-state index contributed by atoms with van der Waals surface area (Å²) in [5, 5.41) is 6.25. The van der Waals surface area contributed by atoms with E-state index in [-0.39, 0.29) is 13.2 Å². The highest BCUT2D eigenvalue weighted by atomic mass is 32.1. The van der Waals surface area contributed by atoms with Crippen LogP contribution < -0.4 is 10.6 Å². The monoisotopic (exact) mass is 242 g/mol. The lowest BCUT2D eigenvalue weighted by Gasteiger charge is -2.10. The zero-order valence-electron chi connectivity index (χ0n) is 8.06. The number of halogens is 3. The summed E-state index contributed by atoms with van der Waals surface area (Å²) in [4.78, 5) is 0. The van der Waals surface area contributed by atoms with Crippen LogP contribution in [0.25, 0.3) is 0 Å². The van der Waals surface area contributed by atoms with Crippen LogP contribution >= 0.6 is 12.2 Å². The molecule has 0 aromatic heterocycles. The summed E-state index contributed by atoms with van der Waals surface area (Å²) < 4.78 is 39.3. The summed E-state index contributed by atoms with van der Waals surface area (Å²) >= 11 is 4.89. The Labute approximate surface area is 91.4 Å². The zero-order chi connectivity index (χ0) is 11.3. The first-order valence-electron chi connectivity index (χ1n) is 4.66. The Morgan fingerprint density at radius 3 is 2.60 bits per heavy atom. The molecule has 0 spiro atoms. The van der Waals surface area contributed by atoms with Gasteiger partial charge in [0.1, 0.15) is 6.61 Å². The van der Waals surface area contributed by atoms with Crippen LogP contribution in [0.1, 0.15) is 12.8 Å². The minimum atomic E-state index is -4.26. The predicted molar refractivity (Wildman–Crippen MR) is 53.6 cm³/mol. The lowest BCUT2D eigenvalue weighted by atomic mass is 10.6. The predicted octanol–water partition coefficient (Wildman–Crippen LogP) is 1.19. The number of rotatable bonds is 5. The largest absolute Gasteiger partial charge is 0.411 e. The van der Waals surface area contributed by atoms with E-state index in [2.05, 4.69) is 15.4 Å². The van der Waals surface area contributed by atoms with E-state index in [1.165, 1.54) is 0 Å². The molecular weight excluding hydrogens is 229 g/mol. The molecule has 1 aliphatic rings. The summed E-state index contributed by atoms with van der Waals surface area (Å²) in [6, 6.07) is 0.445. The van der Waals surface area contributed by atoms with E-state index in [0.29, 0.717) is 11.2 Å². The SMILES string of the molecule is FC(F)(F)COCCNC(=S)NC1CC1. The van der Waals surface area contributed by atoms with E-state index in [4.69, 9.17) is 12.2 Å². The van der Waals surface area contributed by atoms with E-state index in [1.807, 2.05) is 0 Å². The zero-order valence-corrected chi connectivity index (χ0v) is 8.88. The molecule has 2 N–H and O–H groups in total. The molecule has 0 aromatic rings. The first-order chi connectivity index (χ1) is 6.97. The first kappa shape index (κ1) is 12.5. The summed E-state index contributed by atoms with van der Waals surface area (Å²) in [5.41, 5.74) is 0. The highest BCUT2D eigenvalue weighted by Gasteiger charge is 2.27. The molecule has 0 aliphatic heterocycles. The number of hydrogen-bond donors (Lipinski definition) is 2. The number of alkyl halides is 3. The highest BCUT2D eigenvalue weighted by molar-refractivity contribution is 7.80. The molecule has 0 heterocycles. The van der Waals surface area contributed by atoms with Crippen LogP contribution in [0.5, 0.6) is 0 Å². The van der Waals surface area contributed by atoms with Gasteiger partial charge in [-0.2, -0.15) is 13.2 Å². The summed E-state index contributed by atoms with van der Waals surface area (Å²) in [6.07, 6.45) is -2.05. The molecule has 1 saturated carbocycles. The number of ether oxygens (including phenoxy) is 1. The molecule has 1 fully saturated rings. The van der Waals surface area contributed by atoms with E-state index in [1.54, 1.807) is 0 Å². The lowest BCUT2D eigenvalue weighted by Crippen LogP contribution is -2.38. The van der Waals surface area contributed by atoms with Crippen molar-refractivity contribution in [2.45, 2.75) is 25.1 Å². The second-order valence-corrected chi connectivity index (χ2v) is 3.75. The van der Waals surface area contributed by atoms with Crippen molar-refractivity contribution in [3.63, 3.8) is 0 Å². The number of nitrogens with one attached hydrogen (secondary N) is 2. The van der Waals surface area contributed by atoms with Crippen LogP contribution in [0, 0.1) is 0 Å². The smallest absolute Gasteiger partial charge is 0.370 e. The maximum absolute atomic E-state index is 11.6. The molecule has 0 unspecified atom stereocenters. The van der Waals surface area contributed by atoms with Crippen LogP contribution in [0.4, 0.5) is 13.2 Å². The topological polar surface area (TPSA) is 33.3 Å². The third-order valence-corrected chi connectivity index (χ3v) is 1.97. The normalized spacial score (nSPS) is 16.2. The van der Waals surface area contributed by atoms with Crippen LogP contribution in [-0.4, -0.2) is 37.1 Å². The Kier molecular flexibility index (Phi) is 4.59. The minimum Gasteiger partial charge on any atom is -0.370 e. The van der Waals surface area contributed by atoms with Crippen LogP contribution in [0.2, 0.25) is 0 Å². The fourth-order valence-corrected chi connectivity index (χ4v) is 1.16. The Morgan fingerprint density at radius 2 is 2.07 bits per heavy atom. The van der Waals surface area contributed by atoms with Crippen molar-refractivity contribution >= 4 is 17.3 Å². The van der Waals surface area contributed by atoms with Crippen molar-refractivity contribution in [2.75, 3.05) is 19.8 Å². The molecule has 0 aromatic carbocycles. The Morgan fingerprint density at radius 1 is 1.40 bits per heavy atom. The third kappa shape index (κ3) is 7.38. The van der Waals surface area contributed by atoms with Gasteiger partial charge in [-0.05, 0) is 25.1 Å². The molecule has 1 rings (SSSR count). The molecule has 88 valence electrons. The molecule has 1 aliphatic carbocycles. The molecule has 0 radical (unpaired) electrons. The van der Waals surface area contributed by atoms with Crippen LogP contribution in [-0.2, 0) is 4.74 Å². The number of thiocarbonyl (C=S) groups is 1. The van der Waals surface area contributed by atoms with Gasteiger partial charge in [-0.3, -0.25) is 0 Å². The van der Waals surface area contributed by atoms with Gasteiger partial charge in [0.05, 0.1) is 6.61 Å². The molecule has 0 bridgehead atoms. The van der Waals surface area contributed by atoms with E-state index in [0.717, 1.165) is 12.8 Å². The first-order valence-corrected chi connectivity index (χ1v) is 5.07. The van der Waals surface area contributed by atoms with Crippen molar-refractivity contribution in [1.29, 1.82) is 0 Å². The van der Waals surface area contributed by atoms with Gasteiger partial charge in [0.2, 0.25) is 0 Å². The Bertz CT molecular complexity index is 218. The molecule has 15 heavy (non-hydrogen) atoms. The van der Waals surface area contributed by atoms with Gasteiger partial charge in [-0.15, -0.1) is 0 Å². The van der Waals surface area contributed by atoms with E-state index < -0.39 is 12.8 Å². The molecule has 3 nitrogen and oxygen atoms in total. The van der Waals surface area contributed by atoms with Crippen molar-refractivity contribution in [1.82, 2.24) is 10.6 Å². The fraction of sp³-hybridized carbons (Fsp3) is 0.875. The van der Waals surface area contributed by atoms with Crippen LogP contribution in [0.15, 0.2) is 0 Å². The summed E-state index contributed by atoms with van der Waals surface area (Å²) in [6.45, 7) is -0.932. The quantitative estimate of drug-likeness (QED) is 0.560. The maximum Gasteiger partial charge on any atom is 0.411 e. The average molecular weight is 242 g/mol. The van der Waals surface area contributed by atoms with Gasteiger partial charge >= 0.3 is 6.18 Å². The molecule has 0 amide bonds. The van der Waals surface area contributed by atoms with E-state index >= 15 is 0 Å². The van der Waals surface area contributed by atoms with Gasteiger partial charge < -0.3 is 15.4 Å². The van der Waals surface area contributed by atoms with Gasteiger partial charge in [0.25, 0.3) is 0 Å². The summed E-state index contributed by atoms with van der Waals surface area (Å²) in [7, 11) is 0. The van der Waals surface area contributed by atoms with Gasteiger partial charge in [-0.1, -0.05) is 0 Å². The van der Waals surface area contributed by atoms with Gasteiger partial charge in [0.15, 0.2) is 5.11 Å². The average Bonchev–Trinajstić information content (AvgIpc) is 2.85. The Hall–Kier alpha value is -0.560. The third-order valence-electron chi connectivity index (χ3n) is 1.71. The van der Waals surface area contributed by atoms with Gasteiger partial charge in [-0.25, -0.2) is 0 Å². The van der Waals surface area contributed by atoms with Crippen molar-refractivity contribution in [3.05, 3.63) is 0 Å². The number of hydrogen-bond acceptors (Lipinski definition) is 2. The fourth-order valence-electron chi connectivity index (χ4n) is 0.889. The minimum absolute atomic E-state index is 0.00794. The van der Waals surface area contributed by atoms with Crippen molar-refractivity contribution in [2.24, 2.45) is 0 Å². The van der Waals surface area contributed by atoms with Crippen LogP contribution in [0.3, 0.4) is 0 Å². The molecule has 0 saturated heterocycles. The van der Waals surface area contributed by atoms with E-state index in [9.17, 15) is 13.2 Å².